The van der Waals surface area contributed by atoms with E-state index in [1.54, 1.807) is 10.6 Å². The van der Waals surface area contributed by atoms with Crippen molar-refractivity contribution < 1.29 is 18.0 Å². The Morgan fingerprint density at radius 3 is 2.40 bits per heavy atom. The van der Waals surface area contributed by atoms with Gasteiger partial charge in [-0.25, -0.2) is 13.8 Å². The van der Waals surface area contributed by atoms with E-state index in [0.717, 1.165) is 38.5 Å². The van der Waals surface area contributed by atoms with Gasteiger partial charge in [0.2, 0.25) is 5.91 Å². The minimum atomic E-state index is -0.726. The summed E-state index contributed by atoms with van der Waals surface area (Å²) in [6.45, 7) is 5.60. The molecule has 3 N–H and O–H groups in total. The molecule has 12 heteroatoms. The number of nitrogen functional groups attached to an aromatic ring is 1. The minimum Gasteiger partial charge on any atom is -0.402 e. The normalized spacial score (nSPS) is 14.6. The van der Waals surface area contributed by atoms with Crippen LogP contribution >= 0.6 is 23.2 Å². The maximum absolute atomic E-state index is 16.3. The fraction of sp³-hybridized carbons (Fsp3) is 0.400. The number of nitrogens with one attached hydrogen (secondary N) is 1. The molecule has 0 spiro atoms. The average molecular weight is 618 g/mol. The first-order valence-corrected chi connectivity index (χ1v) is 14.6. The number of aromatic nitrogens is 4. The first-order chi connectivity index (χ1) is 19.9. The topological polar surface area (TPSA) is 112 Å². The van der Waals surface area contributed by atoms with Crippen molar-refractivity contribution in [3.8, 4) is 28.5 Å². The average Bonchev–Trinajstić information content (AvgIpc) is 3.40. The molecule has 0 bridgehead atoms. The van der Waals surface area contributed by atoms with Crippen LogP contribution in [0.5, 0.6) is 0 Å². The molecule has 2 aromatic carbocycles. The van der Waals surface area contributed by atoms with Crippen LogP contribution in [0.25, 0.3) is 28.5 Å². The molecule has 8 nitrogen and oxygen atoms in total. The molecule has 222 valence electrons. The van der Waals surface area contributed by atoms with Crippen LogP contribution in [0.3, 0.4) is 0 Å². The molecule has 42 heavy (non-hydrogen) atoms. The van der Waals surface area contributed by atoms with Crippen molar-refractivity contribution in [2.24, 2.45) is 0 Å². The Hall–Kier alpha value is -3.50. The fourth-order valence-corrected chi connectivity index (χ4v) is 5.80. The molecule has 0 saturated heterocycles. The zero-order valence-electron chi connectivity index (χ0n) is 23.6. The third-order valence-electron chi connectivity index (χ3n) is 7.20. The lowest BCUT2D eigenvalue weighted by molar-refractivity contribution is -0.121. The summed E-state index contributed by atoms with van der Waals surface area (Å²) in [6, 6.07) is 7.05. The van der Waals surface area contributed by atoms with Gasteiger partial charge >= 0.3 is 6.01 Å². The zero-order chi connectivity index (χ0) is 30.2. The molecule has 2 heterocycles. The number of rotatable bonds is 6. The van der Waals surface area contributed by atoms with E-state index in [2.05, 4.69) is 15.5 Å². The van der Waals surface area contributed by atoms with Gasteiger partial charge in [-0.05, 0) is 63.4 Å². The van der Waals surface area contributed by atoms with Gasteiger partial charge in [-0.2, -0.15) is 0 Å². The quantitative estimate of drug-likeness (QED) is 0.215. The van der Waals surface area contributed by atoms with E-state index in [1.165, 1.54) is 24.3 Å². The molecule has 2 aromatic heterocycles. The summed E-state index contributed by atoms with van der Waals surface area (Å²) in [4.78, 5) is 18.1. The molecule has 0 atom stereocenters. The number of carbonyl (C=O) groups is 1. The van der Waals surface area contributed by atoms with E-state index in [-0.39, 0.29) is 51.6 Å². The molecule has 4 aromatic rings. The number of imidazole rings is 1. The van der Waals surface area contributed by atoms with Crippen molar-refractivity contribution in [2.45, 2.75) is 77.2 Å². The van der Waals surface area contributed by atoms with E-state index in [0.29, 0.717) is 22.6 Å². The molecule has 1 amide bonds. The van der Waals surface area contributed by atoms with Crippen molar-refractivity contribution in [2.75, 3.05) is 5.73 Å². The molecule has 0 radical (unpaired) electrons. The van der Waals surface area contributed by atoms with Gasteiger partial charge in [0, 0.05) is 17.0 Å². The number of hydrogen-bond donors (Lipinski definition) is 2. The molecule has 1 saturated carbocycles. The second-order valence-corrected chi connectivity index (χ2v) is 12.4. The van der Waals surface area contributed by atoms with Crippen molar-refractivity contribution >= 4 is 35.1 Å². The smallest absolute Gasteiger partial charge is 0.313 e. The highest BCUT2D eigenvalue weighted by atomic mass is 35.5. The Morgan fingerprint density at radius 2 is 1.79 bits per heavy atom. The van der Waals surface area contributed by atoms with E-state index in [4.69, 9.17) is 38.3 Å². The highest BCUT2D eigenvalue weighted by Crippen LogP contribution is 2.43. The number of hydrogen-bond acceptors (Lipinski definition) is 6. The first kappa shape index (κ1) is 30.0. The van der Waals surface area contributed by atoms with Crippen LogP contribution in [0.1, 0.15) is 76.6 Å². The van der Waals surface area contributed by atoms with Gasteiger partial charge in [-0.15, -0.1) is 5.10 Å². The lowest BCUT2D eigenvalue weighted by Crippen LogP contribution is -2.41. The number of amides is 1. The van der Waals surface area contributed by atoms with Crippen LogP contribution < -0.4 is 11.1 Å². The number of nitrogens with two attached hydrogens (primary N) is 1. The Labute approximate surface area is 252 Å². The predicted octanol–water partition coefficient (Wildman–Crippen LogP) is 7.65. The van der Waals surface area contributed by atoms with Gasteiger partial charge in [-0.3, -0.25) is 9.36 Å². The van der Waals surface area contributed by atoms with Crippen LogP contribution in [0.2, 0.25) is 10.0 Å². The molecular formula is C30H32Cl2F2N6O2. The fourth-order valence-electron chi connectivity index (χ4n) is 5.46. The molecule has 1 fully saturated rings. The summed E-state index contributed by atoms with van der Waals surface area (Å²) in [5.41, 5.74) is 6.71. The number of anilines is 1. The second kappa shape index (κ2) is 12.0. The van der Waals surface area contributed by atoms with Gasteiger partial charge < -0.3 is 15.5 Å². The third kappa shape index (κ3) is 6.29. The Balaban J connectivity index is 1.84. The predicted molar refractivity (Wildman–Crippen MR) is 159 cm³/mol. The summed E-state index contributed by atoms with van der Waals surface area (Å²) in [6.07, 6.45) is 5.59. The van der Waals surface area contributed by atoms with Crippen LogP contribution in [-0.4, -0.2) is 31.2 Å². The molecular weight excluding hydrogens is 585 g/mol. The molecule has 0 aliphatic heterocycles. The van der Waals surface area contributed by atoms with Crippen LogP contribution in [0.4, 0.5) is 14.8 Å². The maximum atomic E-state index is 16.3. The van der Waals surface area contributed by atoms with Crippen molar-refractivity contribution in [3.63, 3.8) is 0 Å². The lowest BCUT2D eigenvalue weighted by atomic mass is 9.98. The van der Waals surface area contributed by atoms with Gasteiger partial charge in [0.1, 0.15) is 11.6 Å². The van der Waals surface area contributed by atoms with E-state index < -0.39 is 17.2 Å². The Morgan fingerprint density at radius 1 is 1.07 bits per heavy atom. The molecule has 0 unspecified atom stereocenters. The highest BCUT2D eigenvalue weighted by Gasteiger charge is 2.32. The molecule has 1 aliphatic carbocycles. The molecule has 1 aliphatic rings. The van der Waals surface area contributed by atoms with Crippen LogP contribution in [0, 0.1) is 11.6 Å². The second-order valence-electron chi connectivity index (χ2n) is 11.6. The number of carbonyl (C=O) groups excluding carboxylic acids is 1. The lowest BCUT2D eigenvalue weighted by Gasteiger charge is -2.23. The molecule has 5 rings (SSSR count). The monoisotopic (exact) mass is 616 g/mol. The minimum absolute atomic E-state index is 0.00558. The van der Waals surface area contributed by atoms with Gasteiger partial charge in [-0.1, -0.05) is 60.1 Å². The number of halogens is 4. The van der Waals surface area contributed by atoms with Crippen LogP contribution in [0.15, 0.2) is 34.7 Å². The zero-order valence-corrected chi connectivity index (χ0v) is 25.1. The summed E-state index contributed by atoms with van der Waals surface area (Å²) in [5.74, 6) is -1.16. The number of benzene rings is 2. The summed E-state index contributed by atoms with van der Waals surface area (Å²) in [7, 11) is 0. The Kier molecular flexibility index (Phi) is 8.57. The number of nitrogens with zero attached hydrogens (tertiary/aromatic N) is 4. The Bertz CT molecular complexity index is 1620. The largest absolute Gasteiger partial charge is 0.402 e. The van der Waals surface area contributed by atoms with Crippen LogP contribution in [-0.2, 0) is 11.2 Å². The SMILES string of the molecule is CC(C)(C)NC(=O)Cc1ccc(Cl)c(F)c1-n1c(C2CCCCCC2)nc(-c2nnc(N)o2)c1-c1ccc(F)c(Cl)c1. The van der Waals surface area contributed by atoms with Gasteiger partial charge in [0.05, 0.1) is 27.8 Å². The van der Waals surface area contributed by atoms with Crippen molar-refractivity contribution in [1.82, 2.24) is 25.1 Å². The summed E-state index contributed by atoms with van der Waals surface area (Å²) >= 11 is 12.6. The van der Waals surface area contributed by atoms with E-state index >= 15 is 4.39 Å². The highest BCUT2D eigenvalue weighted by molar-refractivity contribution is 6.31. The van der Waals surface area contributed by atoms with Crippen molar-refractivity contribution in [1.29, 1.82) is 0 Å². The third-order valence-corrected chi connectivity index (χ3v) is 7.78. The van der Waals surface area contributed by atoms with Gasteiger partial charge in [0.25, 0.3) is 5.89 Å². The first-order valence-electron chi connectivity index (χ1n) is 13.9. The van der Waals surface area contributed by atoms with Crippen molar-refractivity contribution in [3.05, 3.63) is 63.4 Å². The summed E-state index contributed by atoms with van der Waals surface area (Å²) < 4.78 is 37.9. The summed E-state index contributed by atoms with van der Waals surface area (Å²) in [5, 5.41) is 10.5. The van der Waals surface area contributed by atoms with E-state index in [1.807, 2.05) is 20.8 Å². The maximum Gasteiger partial charge on any atom is 0.313 e. The van der Waals surface area contributed by atoms with E-state index in [9.17, 15) is 9.18 Å². The standard InChI is InChI=1S/C30H32Cl2F2N6O2/c1-30(2,3)37-22(41)15-18-10-12-19(31)23(34)25(18)40-26(17-11-13-21(33)20(32)14-17)24(28-38-39-29(35)42-28)36-27(40)16-8-6-4-5-7-9-16/h10-14,16H,4-9,15H2,1-3H3,(H2,35,39)(H,37,41). The van der Waals surface area contributed by atoms with Gasteiger partial charge in [0.15, 0.2) is 11.5 Å².